The molecule has 0 saturated carbocycles. The van der Waals surface area contributed by atoms with Crippen LogP contribution in [0.3, 0.4) is 0 Å². The van der Waals surface area contributed by atoms with Crippen molar-refractivity contribution in [3.63, 3.8) is 0 Å². The molecule has 1 amide bonds. The summed E-state index contributed by atoms with van der Waals surface area (Å²) in [6, 6.07) is 0. The molecule has 0 spiro atoms. The van der Waals surface area contributed by atoms with Gasteiger partial charge >= 0.3 is 0 Å². The zero-order valence-corrected chi connectivity index (χ0v) is 13.8. The Kier molecular flexibility index (Phi) is 4.96. The van der Waals surface area contributed by atoms with Gasteiger partial charge in [-0.05, 0) is 63.1 Å². The SMILES string of the molecule is CCNCC1CCN(C(=O)c2csc3c2CCCC3)CC1. The van der Waals surface area contributed by atoms with E-state index in [1.54, 1.807) is 11.3 Å². The lowest BCUT2D eigenvalue weighted by Crippen LogP contribution is -2.41. The highest BCUT2D eigenvalue weighted by Crippen LogP contribution is 2.31. The predicted octanol–water partition coefficient (Wildman–Crippen LogP) is 3.09. The lowest BCUT2D eigenvalue weighted by molar-refractivity contribution is 0.0689. The van der Waals surface area contributed by atoms with Crippen LogP contribution >= 0.6 is 11.3 Å². The monoisotopic (exact) mass is 306 g/mol. The third kappa shape index (κ3) is 3.32. The summed E-state index contributed by atoms with van der Waals surface area (Å²) in [6.07, 6.45) is 7.11. The van der Waals surface area contributed by atoms with E-state index in [2.05, 4.69) is 22.5 Å². The minimum atomic E-state index is 0.288. The van der Waals surface area contributed by atoms with Crippen molar-refractivity contribution < 1.29 is 4.79 Å². The second kappa shape index (κ2) is 6.93. The summed E-state index contributed by atoms with van der Waals surface area (Å²) in [5, 5.41) is 5.54. The molecular formula is C17H26N2OS. The molecule has 1 fully saturated rings. The number of likely N-dealkylation sites (tertiary alicyclic amines) is 1. The second-order valence-electron chi connectivity index (χ2n) is 6.30. The molecule has 4 heteroatoms. The van der Waals surface area contributed by atoms with Gasteiger partial charge in [0.2, 0.25) is 0 Å². The van der Waals surface area contributed by atoms with E-state index in [1.165, 1.54) is 29.7 Å². The van der Waals surface area contributed by atoms with Gasteiger partial charge in [-0.15, -0.1) is 11.3 Å². The highest BCUT2D eigenvalue weighted by atomic mass is 32.1. The normalized spacial score (nSPS) is 19.6. The molecule has 0 bridgehead atoms. The molecule has 1 saturated heterocycles. The Balaban J connectivity index is 1.60. The van der Waals surface area contributed by atoms with Gasteiger partial charge < -0.3 is 10.2 Å². The number of thiophene rings is 1. The highest BCUT2D eigenvalue weighted by molar-refractivity contribution is 7.10. The predicted molar refractivity (Wildman–Crippen MR) is 88.1 cm³/mol. The number of fused-ring (bicyclic) bond motifs is 1. The fourth-order valence-corrected chi connectivity index (χ4v) is 4.65. The van der Waals surface area contributed by atoms with Crippen LogP contribution in [0.2, 0.25) is 0 Å². The molecule has 0 atom stereocenters. The van der Waals surface area contributed by atoms with Gasteiger partial charge in [0.25, 0.3) is 5.91 Å². The summed E-state index contributed by atoms with van der Waals surface area (Å²) < 4.78 is 0. The zero-order valence-electron chi connectivity index (χ0n) is 13.0. The van der Waals surface area contributed by atoms with Crippen LogP contribution in [0.1, 0.15) is 53.4 Å². The van der Waals surface area contributed by atoms with E-state index in [0.29, 0.717) is 0 Å². The molecule has 1 aromatic heterocycles. The van der Waals surface area contributed by atoms with Gasteiger partial charge in [-0.2, -0.15) is 0 Å². The molecule has 1 aromatic rings. The van der Waals surface area contributed by atoms with Crippen molar-refractivity contribution in [2.45, 2.75) is 45.4 Å². The third-order valence-corrected chi connectivity index (χ3v) is 5.97. The van der Waals surface area contributed by atoms with Gasteiger partial charge in [-0.3, -0.25) is 4.79 Å². The Bertz CT molecular complexity index is 489. The molecule has 0 unspecified atom stereocenters. The van der Waals surface area contributed by atoms with E-state index in [0.717, 1.165) is 56.9 Å². The smallest absolute Gasteiger partial charge is 0.254 e. The Morgan fingerprint density at radius 3 is 2.86 bits per heavy atom. The topological polar surface area (TPSA) is 32.3 Å². The first-order valence-electron chi connectivity index (χ1n) is 8.38. The third-order valence-electron chi connectivity index (χ3n) is 4.88. The summed E-state index contributed by atoms with van der Waals surface area (Å²) in [4.78, 5) is 16.3. The van der Waals surface area contributed by atoms with Crippen LogP contribution in [0, 0.1) is 5.92 Å². The van der Waals surface area contributed by atoms with Gasteiger partial charge in [-0.1, -0.05) is 6.92 Å². The quantitative estimate of drug-likeness (QED) is 0.927. The number of nitrogens with one attached hydrogen (secondary N) is 1. The van der Waals surface area contributed by atoms with E-state index in [9.17, 15) is 4.79 Å². The van der Waals surface area contributed by atoms with Crippen LogP contribution < -0.4 is 5.32 Å². The molecule has 3 rings (SSSR count). The van der Waals surface area contributed by atoms with E-state index < -0.39 is 0 Å². The van der Waals surface area contributed by atoms with Crippen LogP contribution in [0.15, 0.2) is 5.38 Å². The maximum atomic E-state index is 12.8. The maximum Gasteiger partial charge on any atom is 0.254 e. The van der Waals surface area contributed by atoms with Crippen LogP contribution in [-0.2, 0) is 12.8 Å². The molecule has 0 aromatic carbocycles. The molecule has 1 N–H and O–H groups in total. The molecule has 2 aliphatic rings. The number of aryl methyl sites for hydroxylation is 1. The van der Waals surface area contributed by atoms with E-state index in [4.69, 9.17) is 0 Å². The molecule has 2 heterocycles. The Morgan fingerprint density at radius 1 is 1.33 bits per heavy atom. The average molecular weight is 306 g/mol. The summed E-state index contributed by atoms with van der Waals surface area (Å²) in [6.45, 7) is 6.16. The van der Waals surface area contributed by atoms with Crippen molar-refractivity contribution in [2.75, 3.05) is 26.2 Å². The summed E-state index contributed by atoms with van der Waals surface area (Å²) in [5.74, 6) is 1.03. The van der Waals surface area contributed by atoms with E-state index >= 15 is 0 Å². The second-order valence-corrected chi connectivity index (χ2v) is 7.27. The highest BCUT2D eigenvalue weighted by Gasteiger charge is 2.27. The summed E-state index contributed by atoms with van der Waals surface area (Å²) in [7, 11) is 0. The van der Waals surface area contributed by atoms with E-state index in [-0.39, 0.29) is 5.91 Å². The standard InChI is InChI=1S/C17H26N2OS/c1-2-18-11-13-7-9-19(10-8-13)17(20)15-12-21-16-6-4-3-5-14(15)16/h12-13,18H,2-11H2,1H3. The Hall–Kier alpha value is -0.870. The minimum absolute atomic E-state index is 0.288. The fourth-order valence-electron chi connectivity index (χ4n) is 3.53. The molecule has 3 nitrogen and oxygen atoms in total. The summed E-state index contributed by atoms with van der Waals surface area (Å²) in [5.41, 5.74) is 2.38. The fraction of sp³-hybridized carbons (Fsp3) is 0.706. The van der Waals surface area contributed by atoms with Crippen molar-refractivity contribution in [2.24, 2.45) is 5.92 Å². The van der Waals surface area contributed by atoms with Crippen LogP contribution in [0.4, 0.5) is 0 Å². The van der Waals surface area contributed by atoms with Crippen LogP contribution in [0.25, 0.3) is 0 Å². The molecule has 21 heavy (non-hydrogen) atoms. The number of hydrogen-bond donors (Lipinski definition) is 1. The number of nitrogens with zero attached hydrogens (tertiary/aromatic N) is 1. The van der Waals surface area contributed by atoms with Crippen LogP contribution in [-0.4, -0.2) is 37.0 Å². The van der Waals surface area contributed by atoms with Gasteiger partial charge in [0.1, 0.15) is 0 Å². The lowest BCUT2D eigenvalue weighted by atomic mass is 9.93. The molecule has 0 radical (unpaired) electrons. The number of piperidine rings is 1. The first-order valence-corrected chi connectivity index (χ1v) is 9.26. The van der Waals surface area contributed by atoms with Gasteiger partial charge in [0.15, 0.2) is 0 Å². The van der Waals surface area contributed by atoms with Gasteiger partial charge in [-0.25, -0.2) is 0 Å². The van der Waals surface area contributed by atoms with Crippen molar-refractivity contribution in [3.05, 3.63) is 21.4 Å². The van der Waals surface area contributed by atoms with Gasteiger partial charge in [0.05, 0.1) is 5.56 Å². The number of hydrogen-bond acceptors (Lipinski definition) is 3. The van der Waals surface area contributed by atoms with Crippen molar-refractivity contribution in [1.82, 2.24) is 10.2 Å². The van der Waals surface area contributed by atoms with Gasteiger partial charge in [0, 0.05) is 23.3 Å². The lowest BCUT2D eigenvalue weighted by Gasteiger charge is -2.32. The number of carbonyl (C=O) groups excluding carboxylic acids is 1. The largest absolute Gasteiger partial charge is 0.339 e. The molecular weight excluding hydrogens is 280 g/mol. The first kappa shape index (κ1) is 15.0. The molecule has 1 aliphatic carbocycles. The average Bonchev–Trinajstić information content (AvgIpc) is 2.97. The van der Waals surface area contributed by atoms with E-state index in [1.807, 2.05) is 0 Å². The first-order chi connectivity index (χ1) is 10.3. The van der Waals surface area contributed by atoms with Crippen molar-refractivity contribution in [3.8, 4) is 0 Å². The molecule has 116 valence electrons. The van der Waals surface area contributed by atoms with Crippen LogP contribution in [0.5, 0.6) is 0 Å². The number of rotatable bonds is 4. The maximum absolute atomic E-state index is 12.8. The molecule has 1 aliphatic heterocycles. The number of carbonyl (C=O) groups is 1. The number of amides is 1. The zero-order chi connectivity index (χ0) is 14.7. The summed E-state index contributed by atoms with van der Waals surface area (Å²) >= 11 is 1.80. The van der Waals surface area contributed by atoms with Crippen molar-refractivity contribution in [1.29, 1.82) is 0 Å². The minimum Gasteiger partial charge on any atom is -0.339 e. The Morgan fingerprint density at radius 2 is 2.10 bits per heavy atom. The van der Waals surface area contributed by atoms with Crippen molar-refractivity contribution >= 4 is 17.2 Å². The Labute approximate surface area is 131 Å².